The average Bonchev–Trinajstić information content (AvgIpc) is 3.06. The summed E-state index contributed by atoms with van der Waals surface area (Å²) in [6.07, 6.45) is 3.97. The second kappa shape index (κ2) is 8.95. The van der Waals surface area contributed by atoms with Gasteiger partial charge in [0.1, 0.15) is 5.60 Å². The Morgan fingerprint density at radius 2 is 2.24 bits per heavy atom. The summed E-state index contributed by atoms with van der Waals surface area (Å²) >= 11 is 1.60. The number of nitrogens with one attached hydrogen (secondary N) is 2. The van der Waals surface area contributed by atoms with Crippen LogP contribution in [0.5, 0.6) is 0 Å². The first kappa shape index (κ1) is 18.7. The molecule has 1 aromatic heterocycles. The van der Waals surface area contributed by atoms with Gasteiger partial charge in [0.2, 0.25) is 0 Å². The molecular formula is C15H26IN3OS. The van der Waals surface area contributed by atoms with Crippen LogP contribution < -0.4 is 10.6 Å². The van der Waals surface area contributed by atoms with Gasteiger partial charge in [-0.15, -0.1) is 24.0 Å². The number of hydrogen-bond acceptors (Lipinski definition) is 3. The lowest BCUT2D eigenvalue weighted by Crippen LogP contribution is -2.39. The van der Waals surface area contributed by atoms with E-state index in [-0.39, 0.29) is 24.0 Å². The monoisotopic (exact) mass is 423 g/mol. The Kier molecular flexibility index (Phi) is 7.97. The van der Waals surface area contributed by atoms with Crippen LogP contribution in [0.25, 0.3) is 0 Å². The van der Waals surface area contributed by atoms with Gasteiger partial charge < -0.3 is 15.7 Å². The van der Waals surface area contributed by atoms with Gasteiger partial charge in [-0.25, -0.2) is 4.99 Å². The highest BCUT2D eigenvalue weighted by molar-refractivity contribution is 14.0. The molecule has 0 amide bonds. The van der Waals surface area contributed by atoms with E-state index < -0.39 is 5.60 Å². The van der Waals surface area contributed by atoms with Crippen molar-refractivity contribution in [3.63, 3.8) is 0 Å². The summed E-state index contributed by atoms with van der Waals surface area (Å²) < 4.78 is 0. The van der Waals surface area contributed by atoms with E-state index in [9.17, 15) is 5.11 Å². The fourth-order valence-electron chi connectivity index (χ4n) is 2.04. The molecule has 0 aromatic carbocycles. The van der Waals surface area contributed by atoms with Gasteiger partial charge in [0, 0.05) is 13.1 Å². The molecule has 4 nitrogen and oxygen atoms in total. The van der Waals surface area contributed by atoms with Crippen molar-refractivity contribution in [1.29, 1.82) is 0 Å². The van der Waals surface area contributed by atoms with Crippen molar-refractivity contribution in [3.05, 3.63) is 22.4 Å². The van der Waals surface area contributed by atoms with Gasteiger partial charge in [-0.3, -0.25) is 0 Å². The van der Waals surface area contributed by atoms with Crippen LogP contribution in [0.15, 0.2) is 21.8 Å². The molecule has 6 heteroatoms. The standard InChI is InChI=1S/C15H25N3OS.HI/c1-3-16-14(17-8-6-12-4-5-12)18-11-15(2,19)13-7-9-20-10-13;/h7,9-10,12,19H,3-6,8,11H2,1-2H3,(H2,16,17,18);1H. The summed E-state index contributed by atoms with van der Waals surface area (Å²) in [6, 6.07) is 1.95. The lowest BCUT2D eigenvalue weighted by Gasteiger charge is -2.21. The first-order valence-corrected chi connectivity index (χ1v) is 8.33. The van der Waals surface area contributed by atoms with E-state index in [1.54, 1.807) is 11.3 Å². The normalized spacial score (nSPS) is 17.8. The molecule has 21 heavy (non-hydrogen) atoms. The predicted octanol–water partition coefficient (Wildman–Crippen LogP) is 2.93. The predicted molar refractivity (Wildman–Crippen MR) is 101 cm³/mol. The second-order valence-electron chi connectivity index (χ2n) is 5.64. The molecule has 1 heterocycles. The van der Waals surface area contributed by atoms with Crippen LogP contribution >= 0.6 is 35.3 Å². The minimum Gasteiger partial charge on any atom is -0.383 e. The number of nitrogens with zero attached hydrogens (tertiary/aromatic N) is 1. The Hall–Kier alpha value is -0.340. The van der Waals surface area contributed by atoms with Crippen LogP contribution in [0.3, 0.4) is 0 Å². The lowest BCUT2D eigenvalue weighted by molar-refractivity contribution is 0.0677. The number of halogens is 1. The third-order valence-electron chi connectivity index (χ3n) is 3.57. The minimum absolute atomic E-state index is 0. The van der Waals surface area contributed by atoms with Gasteiger partial charge in [0.25, 0.3) is 0 Å². The number of guanidine groups is 1. The minimum atomic E-state index is -0.904. The molecule has 0 aliphatic heterocycles. The van der Waals surface area contributed by atoms with Crippen LogP contribution in [0.4, 0.5) is 0 Å². The Bertz CT molecular complexity index is 430. The maximum Gasteiger partial charge on any atom is 0.191 e. The third-order valence-corrected chi connectivity index (χ3v) is 4.26. The molecule has 2 rings (SSSR count). The quantitative estimate of drug-likeness (QED) is 0.359. The van der Waals surface area contributed by atoms with E-state index in [0.717, 1.165) is 30.5 Å². The van der Waals surface area contributed by atoms with Crippen molar-refractivity contribution in [1.82, 2.24) is 10.6 Å². The number of hydrogen-bond donors (Lipinski definition) is 3. The van der Waals surface area contributed by atoms with Crippen molar-refractivity contribution in [2.45, 2.75) is 38.7 Å². The van der Waals surface area contributed by atoms with E-state index >= 15 is 0 Å². The SMILES string of the molecule is CCNC(=NCC(C)(O)c1ccsc1)NCCC1CC1.I. The molecule has 1 aliphatic rings. The zero-order valence-corrected chi connectivity index (χ0v) is 15.9. The van der Waals surface area contributed by atoms with Crippen molar-refractivity contribution < 1.29 is 5.11 Å². The highest BCUT2D eigenvalue weighted by Crippen LogP contribution is 2.31. The summed E-state index contributed by atoms with van der Waals surface area (Å²) in [5, 5.41) is 21.0. The first-order valence-electron chi connectivity index (χ1n) is 7.39. The maximum absolute atomic E-state index is 10.5. The molecule has 0 spiro atoms. The summed E-state index contributed by atoms with van der Waals surface area (Å²) in [7, 11) is 0. The van der Waals surface area contributed by atoms with Crippen molar-refractivity contribution in [3.8, 4) is 0 Å². The molecule has 1 unspecified atom stereocenters. The molecule has 1 atom stereocenters. The molecule has 3 N–H and O–H groups in total. The van der Waals surface area contributed by atoms with E-state index in [1.165, 1.54) is 19.3 Å². The molecular weight excluding hydrogens is 397 g/mol. The number of aliphatic imine (C=N–C) groups is 1. The lowest BCUT2D eigenvalue weighted by atomic mass is 10.00. The largest absolute Gasteiger partial charge is 0.383 e. The molecule has 1 aromatic rings. The Labute approximate surface area is 148 Å². The molecule has 1 fully saturated rings. The first-order chi connectivity index (χ1) is 9.62. The number of aliphatic hydroxyl groups is 1. The second-order valence-corrected chi connectivity index (χ2v) is 6.42. The van der Waals surface area contributed by atoms with Crippen LogP contribution in [0.1, 0.15) is 38.7 Å². The smallest absolute Gasteiger partial charge is 0.191 e. The van der Waals surface area contributed by atoms with Crippen molar-refractivity contribution in [2.24, 2.45) is 10.9 Å². The van der Waals surface area contributed by atoms with Crippen molar-refractivity contribution >= 4 is 41.3 Å². The molecule has 0 bridgehead atoms. The van der Waals surface area contributed by atoms with Gasteiger partial charge in [-0.2, -0.15) is 11.3 Å². The summed E-state index contributed by atoms with van der Waals surface area (Å²) in [5.74, 6) is 1.71. The van der Waals surface area contributed by atoms with Crippen LogP contribution in [-0.4, -0.2) is 30.7 Å². The molecule has 0 saturated heterocycles. The molecule has 1 saturated carbocycles. The fourth-order valence-corrected chi connectivity index (χ4v) is 2.82. The fraction of sp³-hybridized carbons (Fsp3) is 0.667. The third kappa shape index (κ3) is 6.52. The van der Waals surface area contributed by atoms with E-state index in [1.807, 2.05) is 23.8 Å². The summed E-state index contributed by atoms with van der Waals surface area (Å²) in [6.45, 7) is 6.01. The Morgan fingerprint density at radius 1 is 1.48 bits per heavy atom. The molecule has 120 valence electrons. The molecule has 0 radical (unpaired) electrons. The Morgan fingerprint density at radius 3 is 2.81 bits per heavy atom. The van der Waals surface area contributed by atoms with Crippen LogP contribution in [0, 0.1) is 5.92 Å². The van der Waals surface area contributed by atoms with Gasteiger partial charge in [-0.1, -0.05) is 12.8 Å². The van der Waals surface area contributed by atoms with E-state index in [0.29, 0.717) is 6.54 Å². The number of thiophene rings is 1. The summed E-state index contributed by atoms with van der Waals surface area (Å²) in [5.41, 5.74) is 0.0267. The number of rotatable bonds is 7. The van der Waals surface area contributed by atoms with E-state index in [4.69, 9.17) is 0 Å². The van der Waals surface area contributed by atoms with Gasteiger partial charge in [0.15, 0.2) is 5.96 Å². The zero-order valence-electron chi connectivity index (χ0n) is 12.8. The molecule has 1 aliphatic carbocycles. The zero-order chi connectivity index (χ0) is 14.4. The van der Waals surface area contributed by atoms with Crippen LogP contribution in [0.2, 0.25) is 0 Å². The van der Waals surface area contributed by atoms with Gasteiger partial charge in [-0.05, 0) is 48.6 Å². The van der Waals surface area contributed by atoms with Gasteiger partial charge in [0.05, 0.1) is 6.54 Å². The average molecular weight is 423 g/mol. The summed E-state index contributed by atoms with van der Waals surface area (Å²) in [4.78, 5) is 4.51. The topological polar surface area (TPSA) is 56.7 Å². The van der Waals surface area contributed by atoms with Crippen molar-refractivity contribution in [2.75, 3.05) is 19.6 Å². The van der Waals surface area contributed by atoms with Gasteiger partial charge >= 0.3 is 0 Å². The maximum atomic E-state index is 10.5. The highest BCUT2D eigenvalue weighted by Gasteiger charge is 2.23. The Balaban J connectivity index is 0.00000220. The van der Waals surface area contributed by atoms with E-state index in [2.05, 4.69) is 22.5 Å². The highest BCUT2D eigenvalue weighted by atomic mass is 127. The van der Waals surface area contributed by atoms with Crippen LogP contribution in [-0.2, 0) is 5.60 Å².